The molecule has 1 aliphatic heterocycles. The number of ether oxygens (including phenoxy) is 1. The summed E-state index contributed by atoms with van der Waals surface area (Å²) in [5.41, 5.74) is 0.932. The van der Waals surface area contributed by atoms with Crippen LogP contribution in [-0.4, -0.2) is 35.6 Å². The lowest BCUT2D eigenvalue weighted by Crippen LogP contribution is -2.36. The van der Waals surface area contributed by atoms with Gasteiger partial charge in [0.25, 0.3) is 5.24 Å². The fraction of sp³-hybridized carbons (Fsp3) is 0.556. The van der Waals surface area contributed by atoms with Crippen LogP contribution in [-0.2, 0) is 5.41 Å². The molecule has 2 rings (SSSR count). The molecular formula is C18H25NO3S. The van der Waals surface area contributed by atoms with Crippen LogP contribution in [0.25, 0.3) is 0 Å². The van der Waals surface area contributed by atoms with Crippen molar-refractivity contribution >= 4 is 22.8 Å². The van der Waals surface area contributed by atoms with Crippen molar-refractivity contribution in [2.24, 2.45) is 0 Å². The molecule has 0 saturated heterocycles. The van der Waals surface area contributed by atoms with Gasteiger partial charge in [-0.1, -0.05) is 20.8 Å². The first-order chi connectivity index (χ1) is 10.4. The van der Waals surface area contributed by atoms with Gasteiger partial charge in [0.2, 0.25) is 0 Å². The Bertz CT molecular complexity index is 657. The molecule has 1 aromatic rings. The Morgan fingerprint density at radius 1 is 1.26 bits per heavy atom. The summed E-state index contributed by atoms with van der Waals surface area (Å²) in [6.45, 7) is 10.1. The third-order valence-electron chi connectivity index (χ3n) is 3.73. The van der Waals surface area contributed by atoms with E-state index in [2.05, 4.69) is 20.8 Å². The summed E-state index contributed by atoms with van der Waals surface area (Å²) in [6, 6.07) is 3.75. The van der Waals surface area contributed by atoms with Crippen LogP contribution in [0.15, 0.2) is 17.0 Å². The third kappa shape index (κ3) is 3.89. The molecule has 0 spiro atoms. The SMILES string of the molecule is CN(C)C(=O)Sc1cc2c(cc1C(C)(C)C)C(=O)CC(C)(C)O2. The number of rotatable bonds is 1. The zero-order chi connectivity index (χ0) is 17.6. The number of carbonyl (C=O) groups excluding carboxylic acids is 2. The number of ketones is 1. The van der Waals surface area contributed by atoms with Gasteiger partial charge in [-0.2, -0.15) is 0 Å². The van der Waals surface area contributed by atoms with E-state index in [-0.39, 0.29) is 16.4 Å². The van der Waals surface area contributed by atoms with Gasteiger partial charge in [0.15, 0.2) is 5.78 Å². The smallest absolute Gasteiger partial charge is 0.285 e. The largest absolute Gasteiger partial charge is 0.487 e. The summed E-state index contributed by atoms with van der Waals surface area (Å²) < 4.78 is 5.98. The summed E-state index contributed by atoms with van der Waals surface area (Å²) in [5.74, 6) is 0.672. The van der Waals surface area contributed by atoms with E-state index in [1.807, 2.05) is 26.0 Å². The fourth-order valence-corrected chi connectivity index (χ4v) is 3.55. The second-order valence-corrected chi connectivity index (χ2v) is 8.81. The molecule has 126 valence electrons. The van der Waals surface area contributed by atoms with E-state index < -0.39 is 5.60 Å². The number of hydrogen-bond acceptors (Lipinski definition) is 4. The molecule has 23 heavy (non-hydrogen) atoms. The van der Waals surface area contributed by atoms with Crippen LogP contribution in [0.1, 0.15) is 57.0 Å². The Hall–Kier alpha value is -1.49. The lowest BCUT2D eigenvalue weighted by Gasteiger charge is -2.33. The first kappa shape index (κ1) is 17.9. The van der Waals surface area contributed by atoms with Crippen LogP contribution in [0.4, 0.5) is 4.79 Å². The van der Waals surface area contributed by atoms with Gasteiger partial charge in [-0.15, -0.1) is 0 Å². The summed E-state index contributed by atoms with van der Waals surface area (Å²) in [5, 5.41) is -0.0446. The monoisotopic (exact) mass is 335 g/mol. The van der Waals surface area contributed by atoms with Crippen molar-refractivity contribution in [2.45, 2.75) is 57.0 Å². The second kappa shape index (κ2) is 5.86. The predicted octanol–water partition coefficient (Wildman–Crippen LogP) is 4.50. The molecule has 1 aliphatic rings. The Balaban J connectivity index is 2.57. The highest BCUT2D eigenvalue weighted by Gasteiger charge is 2.34. The first-order valence-electron chi connectivity index (χ1n) is 7.70. The zero-order valence-electron chi connectivity index (χ0n) is 14.9. The Morgan fingerprint density at radius 3 is 2.39 bits per heavy atom. The number of nitrogens with zero attached hydrogens (tertiary/aromatic N) is 1. The van der Waals surface area contributed by atoms with E-state index in [1.54, 1.807) is 19.0 Å². The van der Waals surface area contributed by atoms with E-state index >= 15 is 0 Å². The summed E-state index contributed by atoms with van der Waals surface area (Å²) >= 11 is 1.18. The quantitative estimate of drug-likeness (QED) is 0.709. The summed E-state index contributed by atoms with van der Waals surface area (Å²) in [6.07, 6.45) is 0.368. The molecule has 0 aliphatic carbocycles. The van der Waals surface area contributed by atoms with Crippen LogP contribution in [0, 0.1) is 0 Å². The molecule has 0 fully saturated rings. The molecule has 4 nitrogen and oxygen atoms in total. The van der Waals surface area contributed by atoms with E-state index in [9.17, 15) is 9.59 Å². The molecule has 1 aromatic carbocycles. The van der Waals surface area contributed by atoms with Gasteiger partial charge < -0.3 is 9.64 Å². The average molecular weight is 335 g/mol. The van der Waals surface area contributed by atoms with Crippen LogP contribution in [0.2, 0.25) is 0 Å². The van der Waals surface area contributed by atoms with Crippen molar-refractivity contribution in [2.75, 3.05) is 14.1 Å². The van der Waals surface area contributed by atoms with Crippen molar-refractivity contribution < 1.29 is 14.3 Å². The highest BCUT2D eigenvalue weighted by Crippen LogP contribution is 2.41. The molecule has 0 aromatic heterocycles. The maximum Gasteiger partial charge on any atom is 0.285 e. The zero-order valence-corrected chi connectivity index (χ0v) is 15.8. The van der Waals surface area contributed by atoms with E-state index in [4.69, 9.17) is 4.74 Å². The number of hydrogen-bond donors (Lipinski definition) is 0. The molecule has 0 atom stereocenters. The molecule has 1 heterocycles. The summed E-state index contributed by atoms with van der Waals surface area (Å²) in [4.78, 5) is 27.0. The normalized spacial score (nSPS) is 16.6. The van der Waals surface area contributed by atoms with Gasteiger partial charge in [0.1, 0.15) is 11.4 Å². The van der Waals surface area contributed by atoms with Crippen LogP contribution < -0.4 is 4.74 Å². The minimum Gasteiger partial charge on any atom is -0.487 e. The number of amides is 1. The Labute approximate surface area is 142 Å². The minimum atomic E-state index is -0.513. The maximum absolute atomic E-state index is 12.5. The van der Waals surface area contributed by atoms with Gasteiger partial charge in [-0.05, 0) is 48.7 Å². The number of fused-ring (bicyclic) bond motifs is 1. The highest BCUT2D eigenvalue weighted by molar-refractivity contribution is 8.13. The Morgan fingerprint density at radius 2 is 1.87 bits per heavy atom. The average Bonchev–Trinajstić information content (AvgIpc) is 2.34. The van der Waals surface area contributed by atoms with Crippen molar-refractivity contribution in [3.63, 3.8) is 0 Å². The van der Waals surface area contributed by atoms with E-state index in [0.717, 1.165) is 10.5 Å². The molecule has 0 N–H and O–H groups in total. The maximum atomic E-state index is 12.5. The van der Waals surface area contributed by atoms with E-state index in [1.165, 1.54) is 11.8 Å². The van der Waals surface area contributed by atoms with Crippen LogP contribution in [0.3, 0.4) is 0 Å². The molecule has 5 heteroatoms. The minimum absolute atomic E-state index is 0.0446. The molecule has 0 unspecified atom stereocenters. The number of thioether (sulfide) groups is 1. The molecule has 1 amide bonds. The number of Topliss-reactive ketones (excluding diaryl/α,β-unsaturated/α-hetero) is 1. The van der Waals surface area contributed by atoms with Crippen molar-refractivity contribution in [1.29, 1.82) is 0 Å². The predicted molar refractivity (Wildman–Crippen MR) is 93.7 cm³/mol. The number of carbonyl (C=O) groups is 2. The molecule has 0 radical (unpaired) electrons. The lowest BCUT2D eigenvalue weighted by molar-refractivity contribution is 0.0618. The first-order valence-corrected chi connectivity index (χ1v) is 8.52. The van der Waals surface area contributed by atoms with Crippen molar-refractivity contribution in [3.05, 3.63) is 23.3 Å². The Kier molecular flexibility index (Phi) is 4.55. The second-order valence-electron chi connectivity index (χ2n) is 7.82. The molecular weight excluding hydrogens is 310 g/mol. The molecule has 0 bridgehead atoms. The van der Waals surface area contributed by atoms with E-state index in [0.29, 0.717) is 17.7 Å². The topological polar surface area (TPSA) is 46.6 Å². The van der Waals surface area contributed by atoms with Crippen molar-refractivity contribution in [1.82, 2.24) is 4.90 Å². The standard InChI is InChI=1S/C18H25NO3S/c1-17(2,3)12-8-11-13(20)10-18(4,5)22-14(11)9-15(12)23-16(21)19(6)7/h8-9H,10H2,1-7H3. The van der Waals surface area contributed by atoms with Gasteiger partial charge in [-0.25, -0.2) is 0 Å². The lowest BCUT2D eigenvalue weighted by atomic mass is 9.83. The van der Waals surface area contributed by atoms with Gasteiger partial charge >= 0.3 is 0 Å². The van der Waals surface area contributed by atoms with Gasteiger partial charge in [-0.3, -0.25) is 9.59 Å². The molecule has 0 saturated carbocycles. The third-order valence-corrected chi connectivity index (χ3v) is 4.82. The highest BCUT2D eigenvalue weighted by atomic mass is 32.2. The van der Waals surface area contributed by atoms with Crippen molar-refractivity contribution in [3.8, 4) is 5.75 Å². The van der Waals surface area contributed by atoms with Gasteiger partial charge in [0.05, 0.1) is 12.0 Å². The number of benzene rings is 1. The van der Waals surface area contributed by atoms with Crippen LogP contribution >= 0.6 is 11.8 Å². The summed E-state index contributed by atoms with van der Waals surface area (Å²) in [7, 11) is 3.46. The van der Waals surface area contributed by atoms with Crippen LogP contribution in [0.5, 0.6) is 5.75 Å². The van der Waals surface area contributed by atoms with Gasteiger partial charge in [0, 0.05) is 19.0 Å². The fourth-order valence-electron chi connectivity index (χ4n) is 2.54.